The highest BCUT2D eigenvalue weighted by Gasteiger charge is 2.18. The normalized spacial score (nSPS) is 10.6. The molecule has 0 spiro atoms. The molecule has 0 atom stereocenters. The van der Waals surface area contributed by atoms with E-state index in [4.69, 9.17) is 14.2 Å². The van der Waals surface area contributed by atoms with Crippen LogP contribution in [0, 0.1) is 0 Å². The molecule has 0 amide bonds. The molecular formula is C24H45AlO9. The van der Waals surface area contributed by atoms with Gasteiger partial charge >= 0.3 is 17.9 Å². The van der Waals surface area contributed by atoms with E-state index >= 15 is 0 Å². The van der Waals surface area contributed by atoms with Crippen molar-refractivity contribution >= 4 is 52.6 Å². The van der Waals surface area contributed by atoms with E-state index in [-0.39, 0.29) is 54.0 Å². The van der Waals surface area contributed by atoms with Crippen LogP contribution in [0.2, 0.25) is 0 Å². The predicted molar refractivity (Wildman–Crippen MR) is 133 cm³/mol. The number of Topliss-reactive ketones (excluding diaryl/α,β-unsaturated/α-hetero) is 3. The van der Waals surface area contributed by atoms with Gasteiger partial charge in [-0.15, -0.1) is 0 Å². The number of ether oxygens (including phenoxy) is 3. The Hall–Kier alpha value is -2.05. The zero-order valence-electron chi connectivity index (χ0n) is 22.3. The van der Waals surface area contributed by atoms with Crippen LogP contribution in [0.5, 0.6) is 0 Å². The molecule has 0 aromatic rings. The van der Waals surface area contributed by atoms with E-state index in [0.29, 0.717) is 0 Å². The first kappa shape index (κ1) is 39.2. The molecule has 0 aromatic carbocycles. The Labute approximate surface area is 214 Å². The molecule has 0 unspecified atom stereocenters. The molecule has 0 rings (SSSR count). The lowest BCUT2D eigenvalue weighted by Crippen LogP contribution is -2.24. The van der Waals surface area contributed by atoms with Crippen molar-refractivity contribution < 1.29 is 43.0 Å². The maximum Gasteiger partial charge on any atom is 0.313 e. The summed E-state index contributed by atoms with van der Waals surface area (Å²) >= 11 is 0. The summed E-state index contributed by atoms with van der Waals surface area (Å²) in [6.07, 6.45) is -0.383. The van der Waals surface area contributed by atoms with E-state index in [1.165, 1.54) is 20.8 Å². The van der Waals surface area contributed by atoms with Crippen molar-refractivity contribution in [2.75, 3.05) is 0 Å². The van der Waals surface area contributed by atoms with Crippen molar-refractivity contribution in [3.8, 4) is 0 Å². The highest BCUT2D eigenvalue weighted by Crippen LogP contribution is 2.09. The summed E-state index contributed by atoms with van der Waals surface area (Å²) in [5, 5.41) is 0. The first-order valence-corrected chi connectivity index (χ1v) is 10.6. The molecule has 10 heteroatoms. The van der Waals surface area contributed by atoms with Crippen molar-refractivity contribution in [1.82, 2.24) is 0 Å². The van der Waals surface area contributed by atoms with Crippen LogP contribution in [0.4, 0.5) is 0 Å². The summed E-state index contributed by atoms with van der Waals surface area (Å²) < 4.78 is 14.7. The SMILES string of the molecule is CC(=O)CC(=O)OC(C)(C)C.CC(=O)CC(=O)OC(C)(C)C.CC(=O)CC(=O)OC(C)(C)C.[AlH3]. The molecule has 34 heavy (non-hydrogen) atoms. The average Bonchev–Trinajstić information content (AvgIpc) is 2.38. The summed E-state index contributed by atoms with van der Waals surface area (Å²) in [6.45, 7) is 20.0. The third-order valence-electron chi connectivity index (χ3n) is 2.44. The Balaban J connectivity index is -0.000000196. The van der Waals surface area contributed by atoms with Crippen molar-refractivity contribution in [3.63, 3.8) is 0 Å². The van der Waals surface area contributed by atoms with E-state index in [1.54, 1.807) is 62.3 Å². The molecule has 0 saturated heterocycles. The standard InChI is InChI=1S/3C8H14O3.Al.3H/c3*1-6(9)5-7(10)11-8(2,3)4;;;;/h3*5H2,1-4H3;;;;. The van der Waals surface area contributed by atoms with Crippen molar-refractivity contribution in [3.05, 3.63) is 0 Å². The van der Waals surface area contributed by atoms with E-state index in [1.807, 2.05) is 0 Å². The third-order valence-corrected chi connectivity index (χ3v) is 2.44. The molecule has 0 fully saturated rings. The summed E-state index contributed by atoms with van der Waals surface area (Å²) in [4.78, 5) is 63.8. The molecule has 0 radical (unpaired) electrons. The topological polar surface area (TPSA) is 130 Å². The predicted octanol–water partition coefficient (Wildman–Crippen LogP) is 2.74. The fourth-order valence-corrected chi connectivity index (χ4v) is 1.74. The fourth-order valence-electron chi connectivity index (χ4n) is 1.74. The van der Waals surface area contributed by atoms with Crippen LogP contribution in [-0.4, -0.2) is 69.4 Å². The van der Waals surface area contributed by atoms with E-state index in [0.717, 1.165) is 0 Å². The van der Waals surface area contributed by atoms with Crippen molar-refractivity contribution in [2.45, 2.75) is 119 Å². The number of rotatable bonds is 6. The number of carbonyl (C=O) groups excluding carboxylic acids is 6. The monoisotopic (exact) mass is 504 g/mol. The second-order valence-electron chi connectivity index (χ2n) is 10.4. The molecule has 9 nitrogen and oxygen atoms in total. The summed E-state index contributed by atoms with van der Waals surface area (Å²) in [7, 11) is 0. The summed E-state index contributed by atoms with van der Waals surface area (Å²) in [5.74, 6) is -1.86. The second kappa shape index (κ2) is 17.4. The molecule has 0 aromatic heterocycles. The highest BCUT2D eigenvalue weighted by atomic mass is 27.0. The highest BCUT2D eigenvalue weighted by molar-refractivity contribution is 5.95. The number of ketones is 3. The summed E-state index contributed by atoms with van der Waals surface area (Å²) in [6, 6.07) is 0. The molecule has 0 aliphatic rings. The Morgan fingerprint density at radius 2 is 0.588 bits per heavy atom. The fraction of sp³-hybridized carbons (Fsp3) is 0.750. The molecule has 0 N–H and O–H groups in total. The van der Waals surface area contributed by atoms with Crippen LogP contribution in [0.3, 0.4) is 0 Å². The lowest BCUT2D eigenvalue weighted by atomic mass is 10.2. The van der Waals surface area contributed by atoms with Gasteiger partial charge in [0.1, 0.15) is 53.4 Å². The molecule has 0 bridgehead atoms. The Morgan fingerprint density at radius 1 is 0.441 bits per heavy atom. The molecule has 198 valence electrons. The van der Waals surface area contributed by atoms with Gasteiger partial charge in [0.2, 0.25) is 0 Å². The van der Waals surface area contributed by atoms with E-state index in [9.17, 15) is 28.8 Å². The Morgan fingerprint density at radius 3 is 0.676 bits per heavy atom. The average molecular weight is 505 g/mol. The minimum Gasteiger partial charge on any atom is -0.460 e. The first-order valence-electron chi connectivity index (χ1n) is 10.6. The van der Waals surface area contributed by atoms with Gasteiger partial charge < -0.3 is 14.2 Å². The van der Waals surface area contributed by atoms with Gasteiger partial charge in [0.05, 0.1) is 0 Å². The molecule has 0 aliphatic heterocycles. The number of esters is 3. The number of hydrogen-bond donors (Lipinski definition) is 0. The zero-order chi connectivity index (χ0) is 27.2. The van der Waals surface area contributed by atoms with Crippen LogP contribution >= 0.6 is 0 Å². The summed E-state index contributed by atoms with van der Waals surface area (Å²) in [5.41, 5.74) is -1.48. The van der Waals surface area contributed by atoms with Gasteiger partial charge in [-0.25, -0.2) is 0 Å². The van der Waals surface area contributed by atoms with Gasteiger partial charge in [-0.05, 0) is 83.1 Å². The largest absolute Gasteiger partial charge is 0.460 e. The zero-order valence-corrected chi connectivity index (χ0v) is 22.3. The second-order valence-corrected chi connectivity index (χ2v) is 10.4. The van der Waals surface area contributed by atoms with Crippen LogP contribution < -0.4 is 0 Å². The quantitative estimate of drug-likeness (QED) is 0.232. The van der Waals surface area contributed by atoms with Gasteiger partial charge in [-0.1, -0.05) is 0 Å². The molecule has 0 saturated carbocycles. The maximum absolute atomic E-state index is 10.8. The maximum atomic E-state index is 10.8. The van der Waals surface area contributed by atoms with E-state index in [2.05, 4.69) is 0 Å². The molecule has 0 aliphatic carbocycles. The first-order chi connectivity index (χ1) is 14.4. The van der Waals surface area contributed by atoms with Gasteiger partial charge in [-0.2, -0.15) is 0 Å². The van der Waals surface area contributed by atoms with E-state index < -0.39 is 34.7 Å². The van der Waals surface area contributed by atoms with Crippen molar-refractivity contribution in [2.24, 2.45) is 0 Å². The van der Waals surface area contributed by atoms with Crippen LogP contribution in [0.25, 0.3) is 0 Å². The van der Waals surface area contributed by atoms with Crippen LogP contribution in [0.15, 0.2) is 0 Å². The minimum atomic E-state index is -0.494. The van der Waals surface area contributed by atoms with Gasteiger partial charge in [-0.3, -0.25) is 28.8 Å². The van der Waals surface area contributed by atoms with Gasteiger partial charge in [0.15, 0.2) is 17.4 Å². The lowest BCUT2D eigenvalue weighted by molar-refractivity contribution is -0.157. The third kappa shape index (κ3) is 40.3. The minimum absolute atomic E-state index is 0. The molecule has 0 heterocycles. The Bertz CT molecular complexity index is 596. The van der Waals surface area contributed by atoms with Crippen LogP contribution in [-0.2, 0) is 43.0 Å². The lowest BCUT2D eigenvalue weighted by Gasteiger charge is -2.18. The van der Waals surface area contributed by atoms with Gasteiger partial charge in [0, 0.05) is 0 Å². The van der Waals surface area contributed by atoms with Gasteiger partial charge in [0.25, 0.3) is 0 Å². The number of carbonyl (C=O) groups is 6. The van der Waals surface area contributed by atoms with Crippen LogP contribution in [0.1, 0.15) is 102 Å². The molecular weight excluding hydrogens is 459 g/mol. The van der Waals surface area contributed by atoms with Crippen molar-refractivity contribution in [1.29, 1.82) is 0 Å². The Kier molecular flexibility index (Phi) is 20.0. The number of hydrogen-bond acceptors (Lipinski definition) is 9. The smallest absolute Gasteiger partial charge is 0.313 e.